The summed E-state index contributed by atoms with van der Waals surface area (Å²) in [6.45, 7) is 17.2. The highest BCUT2D eigenvalue weighted by Gasteiger charge is 2.70. The lowest BCUT2D eigenvalue weighted by Crippen LogP contribution is -2.65. The van der Waals surface area contributed by atoms with Gasteiger partial charge in [-0.1, -0.05) is 53.2 Å². The summed E-state index contributed by atoms with van der Waals surface area (Å²) in [6.07, 6.45) is -15.6. The molecule has 0 bridgehead atoms. The van der Waals surface area contributed by atoms with Crippen LogP contribution >= 0.6 is 0 Å². The molecule has 3 heterocycles. The summed E-state index contributed by atoms with van der Waals surface area (Å²) in [6, 6.07) is 0. The fourth-order valence-corrected chi connectivity index (χ4v) is 14.2. The van der Waals surface area contributed by atoms with E-state index in [-0.39, 0.29) is 34.5 Å². The summed E-state index contributed by atoms with van der Waals surface area (Å²) in [5.41, 5.74) is -1.32. The Morgan fingerprint density at radius 2 is 1.27 bits per heavy atom. The van der Waals surface area contributed by atoms with Gasteiger partial charge in [0, 0.05) is 10.8 Å². The van der Waals surface area contributed by atoms with Crippen LogP contribution in [0, 0.1) is 45.3 Å². The van der Waals surface area contributed by atoms with Crippen LogP contribution in [-0.2, 0) is 28.4 Å². The van der Waals surface area contributed by atoms with E-state index in [2.05, 4.69) is 47.6 Å². The maximum absolute atomic E-state index is 12.5. The summed E-state index contributed by atoms with van der Waals surface area (Å²) >= 11 is 0. The molecule has 0 amide bonds. The minimum Gasteiger partial charge on any atom is -0.394 e. The van der Waals surface area contributed by atoms with Gasteiger partial charge in [0.15, 0.2) is 18.9 Å². The largest absolute Gasteiger partial charge is 0.394 e. The van der Waals surface area contributed by atoms with Crippen LogP contribution in [0.3, 0.4) is 0 Å². The van der Waals surface area contributed by atoms with Crippen molar-refractivity contribution in [1.29, 1.82) is 0 Å². The Labute approximate surface area is 388 Å². The predicted molar refractivity (Wildman–Crippen MR) is 234 cm³/mol. The van der Waals surface area contributed by atoms with Crippen LogP contribution in [0.25, 0.3) is 0 Å². The van der Waals surface area contributed by atoms with Gasteiger partial charge in [0.2, 0.25) is 0 Å². The van der Waals surface area contributed by atoms with Crippen LogP contribution in [0.1, 0.15) is 114 Å². The highest BCUT2D eigenvalue weighted by molar-refractivity contribution is 5.32. The lowest BCUT2D eigenvalue weighted by atomic mass is 9.38. The molecule has 7 aliphatic rings. The van der Waals surface area contributed by atoms with Crippen LogP contribution in [0.15, 0.2) is 11.6 Å². The van der Waals surface area contributed by atoms with Gasteiger partial charge in [0.1, 0.15) is 67.1 Å². The molecule has 25 atom stereocenters. The number of hydrogen-bond donors (Lipinski definition) is 12. The minimum absolute atomic E-state index is 0.0776. The van der Waals surface area contributed by atoms with Gasteiger partial charge < -0.3 is 89.7 Å². The van der Waals surface area contributed by atoms with E-state index >= 15 is 0 Å². The van der Waals surface area contributed by atoms with E-state index in [4.69, 9.17) is 28.4 Å². The van der Waals surface area contributed by atoms with Gasteiger partial charge in [-0.05, 0) is 107 Å². The Morgan fingerprint density at radius 3 is 1.85 bits per heavy atom. The zero-order valence-corrected chi connectivity index (χ0v) is 40.2. The van der Waals surface area contributed by atoms with Gasteiger partial charge in [0.05, 0.1) is 43.2 Å². The molecule has 7 rings (SSSR count). The summed E-state index contributed by atoms with van der Waals surface area (Å²) in [5, 5.41) is 128. The first-order valence-electron chi connectivity index (χ1n) is 24.4. The van der Waals surface area contributed by atoms with Crippen LogP contribution in [0.4, 0.5) is 0 Å². The Balaban J connectivity index is 1.01. The topological polar surface area (TPSA) is 298 Å². The van der Waals surface area contributed by atoms with Crippen molar-refractivity contribution in [3.63, 3.8) is 0 Å². The summed E-state index contributed by atoms with van der Waals surface area (Å²) in [4.78, 5) is 0. The quantitative estimate of drug-likeness (QED) is 0.108. The van der Waals surface area contributed by atoms with Gasteiger partial charge in [-0.3, -0.25) is 0 Å². The molecule has 0 aromatic carbocycles. The molecule has 382 valence electrons. The third-order valence-electron chi connectivity index (χ3n) is 18.8. The predicted octanol–water partition coefficient (Wildman–Crippen LogP) is -0.0284. The van der Waals surface area contributed by atoms with E-state index in [0.29, 0.717) is 25.7 Å². The van der Waals surface area contributed by atoms with Gasteiger partial charge >= 0.3 is 0 Å². The first kappa shape index (κ1) is 52.8. The molecule has 0 radical (unpaired) electrons. The SMILES string of the molecule is C[C@H](CC[C@@H](O)C(C)(C)O[C@H]1O[C@H](C)[C@@H](O)[C@H](O)[C@@H]1O[C@@H]1O[C@H](CO)[C@@H](O)[C@H](O)[C@H]1O)[C@H]1CC[C@@]2(C)[C@@H]3CC=C4[C@@H](CC[C@H](O[C@@H]5O[C@H](CO)[C@@H](O)[C@H](O)[C@H]5O)C4(C)C)[C@]3(C)[C@H](O)C[C@]12C. The van der Waals surface area contributed by atoms with Crippen LogP contribution in [0.5, 0.6) is 0 Å². The minimum atomic E-state index is -1.78. The van der Waals surface area contributed by atoms with E-state index in [0.717, 1.165) is 25.7 Å². The average molecular weight is 947 g/mol. The monoisotopic (exact) mass is 947 g/mol. The van der Waals surface area contributed by atoms with Gasteiger partial charge in [-0.25, -0.2) is 0 Å². The van der Waals surface area contributed by atoms with Crippen LogP contribution < -0.4 is 0 Å². The summed E-state index contributed by atoms with van der Waals surface area (Å²) in [5.74, 6) is 0.672. The molecular weight excluding hydrogens is 865 g/mol. The number of hydrogen-bond acceptors (Lipinski definition) is 18. The maximum Gasteiger partial charge on any atom is 0.187 e. The third-order valence-corrected chi connectivity index (χ3v) is 18.8. The van der Waals surface area contributed by atoms with Crippen molar-refractivity contribution < 1.29 is 89.7 Å². The number of allylic oxidation sites excluding steroid dienone is 1. The molecule has 0 unspecified atom stereocenters. The number of aliphatic hydroxyl groups excluding tert-OH is 12. The van der Waals surface area contributed by atoms with Crippen LogP contribution in [0.2, 0.25) is 0 Å². The number of aliphatic hydroxyl groups is 12. The van der Waals surface area contributed by atoms with Crippen molar-refractivity contribution in [2.45, 2.75) is 230 Å². The second kappa shape index (κ2) is 19.2. The van der Waals surface area contributed by atoms with Crippen molar-refractivity contribution in [2.24, 2.45) is 45.3 Å². The zero-order valence-electron chi connectivity index (χ0n) is 40.2. The number of ether oxygens (including phenoxy) is 6. The van der Waals surface area contributed by atoms with Crippen molar-refractivity contribution in [2.75, 3.05) is 13.2 Å². The van der Waals surface area contributed by atoms with Crippen molar-refractivity contribution >= 4 is 0 Å². The molecule has 3 saturated heterocycles. The lowest BCUT2D eigenvalue weighted by Gasteiger charge is -2.67. The highest BCUT2D eigenvalue weighted by Crippen LogP contribution is 2.75. The third kappa shape index (κ3) is 8.69. The zero-order chi connectivity index (χ0) is 48.8. The van der Waals surface area contributed by atoms with Crippen molar-refractivity contribution in [3.05, 3.63) is 11.6 Å². The van der Waals surface area contributed by atoms with E-state index < -0.39 is 140 Å². The molecular formula is C48H82O18. The number of rotatable bonds is 13. The smallest absolute Gasteiger partial charge is 0.187 e. The molecule has 6 fully saturated rings. The fourth-order valence-electron chi connectivity index (χ4n) is 14.2. The normalized spacial score (nSPS) is 51.6. The first-order chi connectivity index (χ1) is 30.7. The molecule has 0 spiro atoms. The molecule has 18 nitrogen and oxygen atoms in total. The molecule has 12 N–H and O–H groups in total. The van der Waals surface area contributed by atoms with Crippen molar-refractivity contribution in [1.82, 2.24) is 0 Å². The molecule has 66 heavy (non-hydrogen) atoms. The molecule has 4 aliphatic carbocycles. The second-order valence-corrected chi connectivity index (χ2v) is 23.0. The summed E-state index contributed by atoms with van der Waals surface area (Å²) < 4.78 is 35.9. The molecule has 3 saturated carbocycles. The van der Waals surface area contributed by atoms with Gasteiger partial charge in [-0.15, -0.1) is 0 Å². The lowest BCUT2D eigenvalue weighted by molar-refractivity contribution is -0.377. The first-order valence-corrected chi connectivity index (χ1v) is 24.4. The summed E-state index contributed by atoms with van der Waals surface area (Å²) in [7, 11) is 0. The highest BCUT2D eigenvalue weighted by atomic mass is 16.8. The van der Waals surface area contributed by atoms with Gasteiger partial charge in [-0.2, -0.15) is 0 Å². The van der Waals surface area contributed by atoms with Crippen molar-refractivity contribution in [3.8, 4) is 0 Å². The Hall–Kier alpha value is -0.980. The second-order valence-electron chi connectivity index (χ2n) is 23.0. The molecule has 0 aromatic rings. The van der Waals surface area contributed by atoms with Crippen LogP contribution in [-0.4, -0.2) is 191 Å². The van der Waals surface area contributed by atoms with E-state index in [1.807, 2.05) is 0 Å². The number of fused-ring (bicyclic) bond motifs is 5. The molecule has 3 aliphatic heterocycles. The van der Waals surface area contributed by atoms with Gasteiger partial charge in [0.25, 0.3) is 0 Å². The Bertz CT molecular complexity index is 1700. The Morgan fingerprint density at radius 1 is 0.697 bits per heavy atom. The molecule has 0 aromatic heterocycles. The fraction of sp³-hybridized carbons (Fsp3) is 0.958. The van der Waals surface area contributed by atoms with E-state index in [9.17, 15) is 61.3 Å². The van der Waals surface area contributed by atoms with E-state index in [1.54, 1.807) is 20.8 Å². The Kier molecular flexibility index (Phi) is 15.4. The maximum atomic E-state index is 12.5. The standard InChI is InChI=1S/C48H82O18/c1-21(10-14-29(51)45(5,6)66-43-40(37(58)32(53)22(2)61-43)65-42-39(60)36(57)34(55)27(20-50)63-42)23-16-17-46(7)28-13-11-24-25(48(28,9)30(52)18-47(23,46)8)12-15-31(44(24,3)4)64-41-38(59)35(56)33(54)26(19-49)62-41/h11,21-23,25-43,49-60H,10,12-20H2,1-9H3/t21-,22-,23-,25-,26-,27-,28+,29-,30-,31+,32-,33-,34-,35+,36+,37+,38-,39-,40+,41+,42+,43-,46+,47-,48+/m1/s1. The molecule has 18 heteroatoms. The average Bonchev–Trinajstić information content (AvgIpc) is 3.53. The van der Waals surface area contributed by atoms with E-state index in [1.165, 1.54) is 5.57 Å².